The zero-order chi connectivity index (χ0) is 17.6. The summed E-state index contributed by atoms with van der Waals surface area (Å²) in [6, 6.07) is 7.96. The molecule has 0 aromatic carbocycles. The highest BCUT2D eigenvalue weighted by molar-refractivity contribution is 7.18. The maximum Gasteiger partial charge on any atom is 0.199 e. The Morgan fingerprint density at radius 3 is 2.84 bits per heavy atom. The van der Waals surface area contributed by atoms with Gasteiger partial charge in [-0.3, -0.25) is 4.98 Å². The number of anilines is 1. The summed E-state index contributed by atoms with van der Waals surface area (Å²) in [7, 11) is 0. The molecule has 4 aromatic heterocycles. The van der Waals surface area contributed by atoms with Crippen LogP contribution in [0.3, 0.4) is 0 Å². The Morgan fingerprint density at radius 2 is 2.12 bits per heavy atom. The van der Waals surface area contributed by atoms with E-state index in [4.69, 9.17) is 10.2 Å². The monoisotopic (exact) mass is 356 g/mol. The Balaban J connectivity index is 1.80. The molecular weight excluding hydrogens is 343 g/mol. The van der Waals surface area contributed by atoms with Crippen LogP contribution < -0.4 is 5.73 Å². The molecule has 0 aliphatic rings. The lowest BCUT2D eigenvalue weighted by molar-refractivity contribution is 0.213. The SMILES string of the molecule is Cc1ccc(-c2nc(N)c3cc(C(O)c4ncccc4F)sc3n2)o1. The average molecular weight is 356 g/mol. The molecule has 25 heavy (non-hydrogen) atoms. The van der Waals surface area contributed by atoms with E-state index in [2.05, 4.69) is 15.0 Å². The predicted octanol–water partition coefficient (Wildman–Crippen LogP) is 3.46. The minimum atomic E-state index is -1.20. The first-order valence-electron chi connectivity index (χ1n) is 7.45. The molecule has 0 amide bonds. The van der Waals surface area contributed by atoms with Crippen molar-refractivity contribution in [2.45, 2.75) is 13.0 Å². The predicted molar refractivity (Wildman–Crippen MR) is 92.5 cm³/mol. The summed E-state index contributed by atoms with van der Waals surface area (Å²) in [6.45, 7) is 1.83. The second kappa shape index (κ2) is 5.91. The molecule has 0 saturated carbocycles. The van der Waals surface area contributed by atoms with Crippen LogP contribution in [0.25, 0.3) is 21.8 Å². The fraction of sp³-hybridized carbons (Fsp3) is 0.118. The first-order valence-corrected chi connectivity index (χ1v) is 8.27. The molecule has 4 heterocycles. The summed E-state index contributed by atoms with van der Waals surface area (Å²) in [4.78, 5) is 13.7. The van der Waals surface area contributed by atoms with E-state index >= 15 is 0 Å². The van der Waals surface area contributed by atoms with E-state index in [0.717, 1.165) is 5.76 Å². The molecule has 3 N–H and O–H groups in total. The summed E-state index contributed by atoms with van der Waals surface area (Å²) in [5.41, 5.74) is 5.99. The number of rotatable bonds is 3. The van der Waals surface area contributed by atoms with Crippen LogP contribution in [0.2, 0.25) is 0 Å². The van der Waals surface area contributed by atoms with E-state index in [-0.39, 0.29) is 11.5 Å². The fourth-order valence-electron chi connectivity index (χ4n) is 2.50. The highest BCUT2D eigenvalue weighted by atomic mass is 32.1. The maximum absolute atomic E-state index is 13.9. The van der Waals surface area contributed by atoms with Crippen molar-refractivity contribution < 1.29 is 13.9 Å². The van der Waals surface area contributed by atoms with Crippen molar-refractivity contribution in [3.63, 3.8) is 0 Å². The molecule has 1 unspecified atom stereocenters. The number of aliphatic hydroxyl groups is 1. The lowest BCUT2D eigenvalue weighted by Gasteiger charge is -2.07. The van der Waals surface area contributed by atoms with Gasteiger partial charge < -0.3 is 15.3 Å². The van der Waals surface area contributed by atoms with E-state index in [9.17, 15) is 9.50 Å². The second-order valence-corrected chi connectivity index (χ2v) is 6.55. The molecule has 4 aromatic rings. The molecule has 0 radical (unpaired) electrons. The average Bonchev–Trinajstić information content (AvgIpc) is 3.21. The number of aromatic nitrogens is 3. The van der Waals surface area contributed by atoms with Crippen LogP contribution in [0.15, 0.2) is 40.9 Å². The Morgan fingerprint density at radius 1 is 1.28 bits per heavy atom. The highest BCUT2D eigenvalue weighted by Crippen LogP contribution is 2.35. The molecule has 0 fully saturated rings. The van der Waals surface area contributed by atoms with Gasteiger partial charge >= 0.3 is 0 Å². The van der Waals surface area contributed by atoms with Crippen molar-refractivity contribution in [1.82, 2.24) is 15.0 Å². The van der Waals surface area contributed by atoms with Crippen LogP contribution in [-0.2, 0) is 0 Å². The van der Waals surface area contributed by atoms with Crippen LogP contribution in [0.1, 0.15) is 22.4 Å². The zero-order valence-electron chi connectivity index (χ0n) is 13.1. The van der Waals surface area contributed by atoms with E-state index < -0.39 is 11.9 Å². The minimum Gasteiger partial charge on any atom is -0.458 e. The highest BCUT2D eigenvalue weighted by Gasteiger charge is 2.21. The van der Waals surface area contributed by atoms with Crippen molar-refractivity contribution in [1.29, 1.82) is 0 Å². The number of halogens is 1. The van der Waals surface area contributed by atoms with Gasteiger partial charge in [-0.2, -0.15) is 0 Å². The number of aliphatic hydroxyl groups excluding tert-OH is 1. The second-order valence-electron chi connectivity index (χ2n) is 5.48. The van der Waals surface area contributed by atoms with Gasteiger partial charge in [0, 0.05) is 11.1 Å². The smallest absolute Gasteiger partial charge is 0.199 e. The number of hydrogen-bond donors (Lipinski definition) is 2. The zero-order valence-corrected chi connectivity index (χ0v) is 13.9. The Kier molecular flexibility index (Phi) is 3.70. The van der Waals surface area contributed by atoms with Gasteiger partial charge in [-0.25, -0.2) is 14.4 Å². The first kappa shape index (κ1) is 15.7. The van der Waals surface area contributed by atoms with E-state index in [0.29, 0.717) is 26.7 Å². The van der Waals surface area contributed by atoms with Gasteiger partial charge in [0.15, 0.2) is 11.6 Å². The number of fused-ring (bicyclic) bond motifs is 1. The Labute approximate surface area is 145 Å². The summed E-state index contributed by atoms with van der Waals surface area (Å²) in [5, 5.41) is 11.1. The standard InChI is InChI=1S/C17H13FN4O2S/c1-8-4-5-11(24-8)16-21-15(19)9-7-12(25-17(9)22-16)14(23)13-10(18)3-2-6-20-13/h2-7,14,23H,1H3,(H2,19,21,22). The number of pyridine rings is 1. The quantitative estimate of drug-likeness (QED) is 0.583. The third-order valence-electron chi connectivity index (χ3n) is 3.72. The molecular formula is C17H13FN4O2S. The van der Waals surface area contributed by atoms with Crippen LogP contribution in [-0.4, -0.2) is 20.1 Å². The largest absolute Gasteiger partial charge is 0.458 e. The van der Waals surface area contributed by atoms with Crippen molar-refractivity contribution in [2.75, 3.05) is 5.73 Å². The van der Waals surface area contributed by atoms with E-state index in [1.807, 2.05) is 13.0 Å². The van der Waals surface area contributed by atoms with Crippen molar-refractivity contribution in [3.8, 4) is 11.6 Å². The Bertz CT molecular complexity index is 1080. The molecule has 0 bridgehead atoms. The van der Waals surface area contributed by atoms with Gasteiger partial charge in [0.05, 0.1) is 5.39 Å². The van der Waals surface area contributed by atoms with Crippen molar-refractivity contribution in [2.24, 2.45) is 0 Å². The topological polar surface area (TPSA) is 98.1 Å². The number of nitrogen functional groups attached to an aromatic ring is 1. The summed E-state index contributed by atoms with van der Waals surface area (Å²) < 4.78 is 19.4. The lowest BCUT2D eigenvalue weighted by atomic mass is 10.2. The van der Waals surface area contributed by atoms with Gasteiger partial charge in [-0.15, -0.1) is 11.3 Å². The van der Waals surface area contributed by atoms with Gasteiger partial charge in [0.25, 0.3) is 0 Å². The molecule has 4 rings (SSSR count). The van der Waals surface area contributed by atoms with Gasteiger partial charge in [-0.05, 0) is 37.3 Å². The molecule has 0 aliphatic carbocycles. The number of furan rings is 1. The van der Waals surface area contributed by atoms with E-state index in [1.54, 1.807) is 12.1 Å². The van der Waals surface area contributed by atoms with E-state index in [1.165, 1.54) is 29.7 Å². The fourth-order valence-corrected chi connectivity index (χ4v) is 3.52. The third-order valence-corrected chi connectivity index (χ3v) is 4.80. The normalized spacial score (nSPS) is 12.6. The molecule has 1 atom stereocenters. The number of nitrogens with zero attached hydrogens (tertiary/aromatic N) is 3. The van der Waals surface area contributed by atoms with Crippen molar-refractivity contribution in [3.05, 3.63) is 58.7 Å². The molecule has 0 aliphatic heterocycles. The lowest BCUT2D eigenvalue weighted by Crippen LogP contribution is -2.03. The molecule has 0 saturated heterocycles. The van der Waals surface area contributed by atoms with Gasteiger partial charge in [0.2, 0.25) is 0 Å². The summed E-state index contributed by atoms with van der Waals surface area (Å²) in [6.07, 6.45) is 0.231. The Hall–Kier alpha value is -2.84. The summed E-state index contributed by atoms with van der Waals surface area (Å²) >= 11 is 1.21. The van der Waals surface area contributed by atoms with Gasteiger partial charge in [-0.1, -0.05) is 0 Å². The molecule has 0 spiro atoms. The molecule has 8 heteroatoms. The maximum atomic E-state index is 13.9. The number of hydrogen-bond acceptors (Lipinski definition) is 7. The van der Waals surface area contributed by atoms with Crippen molar-refractivity contribution >= 4 is 27.4 Å². The molecule has 126 valence electrons. The number of nitrogens with two attached hydrogens (primary N) is 1. The third kappa shape index (κ3) is 2.75. The summed E-state index contributed by atoms with van der Waals surface area (Å²) in [5.74, 6) is 1.32. The number of aryl methyl sites for hydroxylation is 1. The first-order chi connectivity index (χ1) is 12.0. The van der Waals surface area contributed by atoms with Gasteiger partial charge in [0.1, 0.15) is 34.0 Å². The van der Waals surface area contributed by atoms with Crippen LogP contribution >= 0.6 is 11.3 Å². The number of thiophene rings is 1. The van der Waals surface area contributed by atoms with Crippen LogP contribution in [0, 0.1) is 12.7 Å². The minimum absolute atomic E-state index is 0.0394. The van der Waals surface area contributed by atoms with Crippen LogP contribution in [0.4, 0.5) is 10.2 Å². The molecule has 6 nitrogen and oxygen atoms in total. The van der Waals surface area contributed by atoms with Crippen LogP contribution in [0.5, 0.6) is 0 Å².